The van der Waals surface area contributed by atoms with E-state index in [-0.39, 0.29) is 54.0 Å². The fraction of sp³-hybridized carbons (Fsp3) is 0.636. The van der Waals surface area contributed by atoms with Gasteiger partial charge >= 0.3 is 29.8 Å². The summed E-state index contributed by atoms with van der Waals surface area (Å²) in [6, 6.07) is 3.22. The molecule has 0 N–H and O–H groups in total. The molecule has 12 nitrogen and oxygen atoms in total. The molecule has 0 aromatic heterocycles. The van der Waals surface area contributed by atoms with E-state index in [1.54, 1.807) is 12.1 Å². The molecule has 0 spiro atoms. The van der Waals surface area contributed by atoms with Crippen LogP contribution < -0.4 is 9.47 Å². The van der Waals surface area contributed by atoms with E-state index in [0.717, 1.165) is 101 Å². The van der Waals surface area contributed by atoms with Gasteiger partial charge in [-0.25, -0.2) is 9.64 Å². The van der Waals surface area contributed by atoms with Crippen LogP contribution in [0.1, 0.15) is 123 Å². The number of thioether (sulfide) groups is 2. The average molecular weight is 840 g/mol. The lowest BCUT2D eigenvalue weighted by atomic mass is 9.83. The first-order valence-electron chi connectivity index (χ1n) is 21.0. The first kappa shape index (κ1) is 45.3. The SMILES string of the molecule is [C-]#[N+]/C(C(=O)OCCC)=C1/Sc2c(OC(=O)C3CCC(C)CC3)ccc(OC(=O)C3CCC(OC(=O)C4CCC(OCCCCCCOC(=O)C=C)CC4)CC3)c2S1. The number of esters is 5. The van der Waals surface area contributed by atoms with Crippen molar-refractivity contribution >= 4 is 53.4 Å². The van der Waals surface area contributed by atoms with Gasteiger partial charge in [-0.3, -0.25) is 19.2 Å². The number of hydrogen-bond acceptors (Lipinski definition) is 13. The van der Waals surface area contributed by atoms with Crippen LogP contribution in [0.5, 0.6) is 11.5 Å². The fourth-order valence-electron chi connectivity index (χ4n) is 7.68. The van der Waals surface area contributed by atoms with Gasteiger partial charge in [-0.05, 0) is 121 Å². The Morgan fingerprint density at radius 3 is 1.76 bits per heavy atom. The number of carbonyl (C=O) groups excluding carboxylic acids is 5. The Bertz CT molecular complexity index is 1700. The maximum Gasteiger partial charge on any atom is 0.338 e. The van der Waals surface area contributed by atoms with Crippen molar-refractivity contribution in [3.8, 4) is 11.5 Å². The van der Waals surface area contributed by atoms with Crippen LogP contribution in [0.4, 0.5) is 0 Å². The van der Waals surface area contributed by atoms with Crippen LogP contribution in [-0.4, -0.2) is 61.9 Å². The zero-order valence-electron chi connectivity index (χ0n) is 33.8. The van der Waals surface area contributed by atoms with Gasteiger partial charge in [-0.1, -0.05) is 50.4 Å². The molecule has 0 atom stereocenters. The molecular formula is C44H57NO11S2. The van der Waals surface area contributed by atoms with Gasteiger partial charge < -0.3 is 28.4 Å². The van der Waals surface area contributed by atoms with E-state index in [2.05, 4.69) is 18.3 Å². The predicted octanol–water partition coefficient (Wildman–Crippen LogP) is 9.53. The van der Waals surface area contributed by atoms with Gasteiger partial charge in [0, 0.05) is 12.7 Å². The number of carbonyl (C=O) groups is 5. The highest BCUT2D eigenvalue weighted by molar-refractivity contribution is 8.24. The molecule has 1 aromatic rings. The van der Waals surface area contributed by atoms with Crippen LogP contribution in [0.2, 0.25) is 0 Å². The third-order valence-electron chi connectivity index (χ3n) is 11.2. The molecule has 0 amide bonds. The van der Waals surface area contributed by atoms with Gasteiger partial charge in [0.15, 0.2) is 0 Å². The molecule has 0 saturated heterocycles. The maximum atomic E-state index is 13.6. The minimum absolute atomic E-state index is 0.147. The van der Waals surface area contributed by atoms with Crippen molar-refractivity contribution in [1.82, 2.24) is 0 Å². The number of hydrogen-bond donors (Lipinski definition) is 0. The molecule has 0 bridgehead atoms. The zero-order chi connectivity index (χ0) is 41.4. The molecule has 3 fully saturated rings. The van der Waals surface area contributed by atoms with Gasteiger partial charge in [0.05, 0.1) is 57.7 Å². The minimum atomic E-state index is -0.728. The largest absolute Gasteiger partial charge is 0.471 e. The number of benzene rings is 1. The summed E-state index contributed by atoms with van der Waals surface area (Å²) in [5.41, 5.74) is -0.171. The molecule has 1 aliphatic heterocycles. The first-order chi connectivity index (χ1) is 28.1. The van der Waals surface area contributed by atoms with Crippen molar-refractivity contribution in [3.05, 3.63) is 46.1 Å². The van der Waals surface area contributed by atoms with E-state index in [1.165, 1.54) is 6.08 Å². The molecule has 5 rings (SSSR count). The molecule has 3 aliphatic carbocycles. The average Bonchev–Trinajstić information content (AvgIpc) is 3.68. The summed E-state index contributed by atoms with van der Waals surface area (Å²) in [7, 11) is 0. The lowest BCUT2D eigenvalue weighted by Crippen LogP contribution is -2.33. The van der Waals surface area contributed by atoms with Crippen LogP contribution in [0, 0.1) is 30.2 Å². The van der Waals surface area contributed by atoms with Crippen LogP contribution >= 0.6 is 23.5 Å². The van der Waals surface area contributed by atoms with Gasteiger partial charge in [0.1, 0.15) is 17.6 Å². The van der Waals surface area contributed by atoms with Gasteiger partial charge in [0.25, 0.3) is 5.70 Å². The van der Waals surface area contributed by atoms with Crippen molar-refractivity contribution in [3.63, 3.8) is 0 Å². The molecule has 4 aliphatic rings. The van der Waals surface area contributed by atoms with E-state index < -0.39 is 23.8 Å². The maximum absolute atomic E-state index is 13.6. The molecule has 1 aromatic carbocycles. The normalized spacial score (nSPS) is 25.0. The van der Waals surface area contributed by atoms with E-state index in [9.17, 15) is 24.0 Å². The molecule has 0 unspecified atom stereocenters. The number of rotatable bonds is 18. The number of unbranched alkanes of at least 4 members (excludes halogenated alkanes) is 3. The first-order valence-corrected chi connectivity index (χ1v) is 22.6. The molecule has 14 heteroatoms. The fourth-order valence-corrected chi connectivity index (χ4v) is 10.2. The topological polar surface area (TPSA) is 145 Å². The van der Waals surface area contributed by atoms with Gasteiger partial charge in [-0.15, -0.1) is 0 Å². The molecule has 316 valence electrons. The van der Waals surface area contributed by atoms with Crippen LogP contribution in [0.25, 0.3) is 4.85 Å². The summed E-state index contributed by atoms with van der Waals surface area (Å²) in [5, 5.41) is 0. The molecule has 0 radical (unpaired) electrons. The second-order valence-electron chi connectivity index (χ2n) is 15.6. The van der Waals surface area contributed by atoms with E-state index >= 15 is 0 Å². The van der Waals surface area contributed by atoms with E-state index in [4.69, 9.17) is 35.0 Å². The zero-order valence-corrected chi connectivity index (χ0v) is 35.4. The van der Waals surface area contributed by atoms with Crippen LogP contribution in [-0.2, 0) is 42.9 Å². The van der Waals surface area contributed by atoms with Crippen molar-refractivity contribution in [2.24, 2.45) is 23.7 Å². The third-order valence-corrected chi connectivity index (χ3v) is 13.8. The van der Waals surface area contributed by atoms with Crippen molar-refractivity contribution in [1.29, 1.82) is 0 Å². The smallest absolute Gasteiger partial charge is 0.338 e. The second kappa shape index (κ2) is 23.1. The lowest BCUT2D eigenvalue weighted by Gasteiger charge is -2.31. The summed E-state index contributed by atoms with van der Waals surface area (Å²) in [4.78, 5) is 68.2. The summed E-state index contributed by atoms with van der Waals surface area (Å²) >= 11 is 2.27. The van der Waals surface area contributed by atoms with Crippen LogP contribution in [0.3, 0.4) is 0 Å². The highest BCUT2D eigenvalue weighted by Gasteiger charge is 2.36. The summed E-state index contributed by atoms with van der Waals surface area (Å²) in [6.07, 6.45) is 14.1. The summed E-state index contributed by atoms with van der Waals surface area (Å²) < 4.78 is 34.6. The van der Waals surface area contributed by atoms with Gasteiger partial charge in [0.2, 0.25) is 0 Å². The number of ether oxygens (including phenoxy) is 6. The second-order valence-corrected chi connectivity index (χ2v) is 17.9. The molecule has 1 heterocycles. The minimum Gasteiger partial charge on any atom is -0.471 e. The quantitative estimate of drug-likeness (QED) is 0.0346. The Labute approximate surface area is 350 Å². The van der Waals surface area contributed by atoms with E-state index in [0.29, 0.717) is 71.0 Å². The Hall–Kier alpha value is -3.80. The Morgan fingerprint density at radius 1 is 0.707 bits per heavy atom. The number of fused-ring (bicyclic) bond motifs is 1. The predicted molar refractivity (Wildman–Crippen MR) is 219 cm³/mol. The monoisotopic (exact) mass is 839 g/mol. The highest BCUT2D eigenvalue weighted by Crippen LogP contribution is 2.59. The van der Waals surface area contributed by atoms with Crippen molar-refractivity contribution in [2.45, 2.75) is 145 Å². The van der Waals surface area contributed by atoms with E-state index in [1.807, 2.05) is 6.92 Å². The highest BCUT2D eigenvalue weighted by atomic mass is 32.2. The third kappa shape index (κ3) is 13.1. The van der Waals surface area contributed by atoms with Crippen LogP contribution in [0.15, 0.2) is 44.5 Å². The molecule has 58 heavy (non-hydrogen) atoms. The van der Waals surface area contributed by atoms with Crippen molar-refractivity contribution < 1.29 is 52.4 Å². The summed E-state index contributed by atoms with van der Waals surface area (Å²) in [6.45, 7) is 16.4. The summed E-state index contributed by atoms with van der Waals surface area (Å²) in [5.74, 6) is -1.61. The standard InChI is InChI=1S/C44H57NO11S2/c1-5-25-53-43(50)37(45-4)44-57-38-34(55-41(48)29-13-11-28(3)12-14-29)23-24-35(39(38)58-44)56-42(49)31-17-21-33(22-18-31)54-40(47)30-15-19-32(20-16-30)51-26-9-7-8-10-27-52-36(46)6-2/h6,23-24,28-33H,2,5,7-22,25-27H2,1,3H3/b44-37-. The Balaban J connectivity index is 1.09. The number of nitrogens with zero attached hydrogens (tertiary/aromatic N) is 1. The Morgan fingerprint density at radius 2 is 1.22 bits per heavy atom. The lowest BCUT2D eigenvalue weighted by molar-refractivity contribution is -0.159. The Kier molecular flexibility index (Phi) is 18.0. The molecular weight excluding hydrogens is 783 g/mol. The van der Waals surface area contributed by atoms with Crippen molar-refractivity contribution in [2.75, 3.05) is 19.8 Å². The van der Waals surface area contributed by atoms with Gasteiger partial charge in [-0.2, -0.15) is 0 Å². The molecule has 3 saturated carbocycles.